The molecule has 0 aromatic carbocycles. The summed E-state index contributed by atoms with van der Waals surface area (Å²) in [5.74, 6) is 0.362. The maximum atomic E-state index is 12.2. The fourth-order valence-corrected chi connectivity index (χ4v) is 2.62. The van der Waals surface area contributed by atoms with Crippen LogP contribution in [0.25, 0.3) is 0 Å². The van der Waals surface area contributed by atoms with Crippen LogP contribution in [0.3, 0.4) is 0 Å². The number of hydrogen-bond acceptors (Lipinski definition) is 4. The highest BCUT2D eigenvalue weighted by Gasteiger charge is 2.34. The van der Waals surface area contributed by atoms with Crippen LogP contribution in [-0.2, 0) is 9.53 Å². The summed E-state index contributed by atoms with van der Waals surface area (Å²) in [5, 5.41) is 12.1. The number of carbonyl (C=O) groups is 1. The van der Waals surface area contributed by atoms with Crippen molar-refractivity contribution in [1.29, 1.82) is 0 Å². The summed E-state index contributed by atoms with van der Waals surface area (Å²) in [6.07, 6.45) is 1.69. The van der Waals surface area contributed by atoms with E-state index in [1.54, 1.807) is 0 Å². The second kappa shape index (κ2) is 5.04. The molecule has 0 aromatic heterocycles. The Hall–Kier alpha value is -1.10. The largest absolute Gasteiger partial charge is 0.411 e. The lowest BCUT2D eigenvalue weighted by Crippen LogP contribution is -2.45. The van der Waals surface area contributed by atoms with Crippen molar-refractivity contribution in [3.05, 3.63) is 0 Å². The predicted octanol–water partition coefficient (Wildman–Crippen LogP) is 1.11. The lowest BCUT2D eigenvalue weighted by molar-refractivity contribution is -0.136. The first kappa shape index (κ1) is 12.4. The summed E-state index contributed by atoms with van der Waals surface area (Å²) >= 11 is 0. The minimum absolute atomic E-state index is 0.0183. The van der Waals surface area contributed by atoms with Gasteiger partial charge in [0.25, 0.3) is 0 Å². The Balaban J connectivity index is 1.93. The van der Waals surface area contributed by atoms with Gasteiger partial charge in [0.05, 0.1) is 24.3 Å². The lowest BCUT2D eigenvalue weighted by Gasteiger charge is -2.33. The van der Waals surface area contributed by atoms with Gasteiger partial charge in [0, 0.05) is 25.4 Å². The molecule has 3 atom stereocenters. The number of hydrogen-bond donors (Lipinski definition) is 1. The molecule has 1 amide bonds. The standard InChI is InChI=1S/C12H20N2O3/c1-8-6-14(4-3-11(8)13-16)12(15)10-5-9(2)17-7-10/h8-10,16H,3-7H2,1-2H3. The summed E-state index contributed by atoms with van der Waals surface area (Å²) in [6.45, 7) is 5.85. The van der Waals surface area contributed by atoms with E-state index >= 15 is 0 Å². The second-order valence-electron chi connectivity index (χ2n) is 5.10. The molecule has 1 N–H and O–H groups in total. The molecule has 5 heteroatoms. The number of likely N-dealkylation sites (tertiary alicyclic amines) is 1. The minimum Gasteiger partial charge on any atom is -0.411 e. The SMILES string of the molecule is CC1CC(C(=O)N2CCC(=NO)C(C)C2)CO1. The molecule has 2 aliphatic rings. The number of carbonyl (C=O) groups excluding carboxylic acids is 1. The Morgan fingerprint density at radius 1 is 1.53 bits per heavy atom. The molecule has 0 bridgehead atoms. The van der Waals surface area contributed by atoms with Crippen LogP contribution < -0.4 is 0 Å². The van der Waals surface area contributed by atoms with Crippen LogP contribution in [0.1, 0.15) is 26.7 Å². The topological polar surface area (TPSA) is 62.1 Å². The van der Waals surface area contributed by atoms with E-state index in [1.165, 1.54) is 0 Å². The molecule has 3 unspecified atom stereocenters. The van der Waals surface area contributed by atoms with Crippen molar-refractivity contribution in [3.63, 3.8) is 0 Å². The zero-order valence-electron chi connectivity index (χ0n) is 10.4. The van der Waals surface area contributed by atoms with Gasteiger partial charge in [-0.25, -0.2) is 0 Å². The summed E-state index contributed by atoms with van der Waals surface area (Å²) in [5.41, 5.74) is 0.796. The third kappa shape index (κ3) is 2.60. The van der Waals surface area contributed by atoms with Crippen molar-refractivity contribution in [2.45, 2.75) is 32.8 Å². The first-order valence-corrected chi connectivity index (χ1v) is 6.23. The maximum Gasteiger partial charge on any atom is 0.228 e. The van der Waals surface area contributed by atoms with Crippen molar-refractivity contribution in [2.24, 2.45) is 17.0 Å². The quantitative estimate of drug-likeness (QED) is 0.551. The van der Waals surface area contributed by atoms with Gasteiger partial charge in [0.2, 0.25) is 5.91 Å². The van der Waals surface area contributed by atoms with Crippen molar-refractivity contribution in [1.82, 2.24) is 4.90 Å². The second-order valence-corrected chi connectivity index (χ2v) is 5.10. The Morgan fingerprint density at radius 2 is 2.29 bits per heavy atom. The zero-order valence-corrected chi connectivity index (χ0v) is 10.4. The Morgan fingerprint density at radius 3 is 2.82 bits per heavy atom. The zero-order chi connectivity index (χ0) is 12.4. The van der Waals surface area contributed by atoms with Gasteiger partial charge < -0.3 is 14.8 Å². The molecule has 0 radical (unpaired) electrons. The van der Waals surface area contributed by atoms with Crippen LogP contribution in [0.2, 0.25) is 0 Å². The van der Waals surface area contributed by atoms with Crippen LogP contribution in [0.5, 0.6) is 0 Å². The van der Waals surface area contributed by atoms with E-state index < -0.39 is 0 Å². The molecule has 2 saturated heterocycles. The van der Waals surface area contributed by atoms with Crippen molar-refractivity contribution < 1.29 is 14.7 Å². The van der Waals surface area contributed by atoms with E-state index in [4.69, 9.17) is 9.94 Å². The van der Waals surface area contributed by atoms with Gasteiger partial charge in [-0.2, -0.15) is 0 Å². The summed E-state index contributed by atoms with van der Waals surface area (Å²) in [6, 6.07) is 0. The highest BCUT2D eigenvalue weighted by molar-refractivity contribution is 5.89. The molecule has 2 fully saturated rings. The van der Waals surface area contributed by atoms with Gasteiger partial charge in [0.15, 0.2) is 0 Å². The number of nitrogens with zero attached hydrogens (tertiary/aromatic N) is 2. The normalized spacial score (nSPS) is 36.5. The van der Waals surface area contributed by atoms with E-state index in [0.717, 1.165) is 12.1 Å². The van der Waals surface area contributed by atoms with Gasteiger partial charge in [-0.1, -0.05) is 12.1 Å². The van der Waals surface area contributed by atoms with Gasteiger partial charge in [-0.05, 0) is 13.3 Å². The third-order valence-electron chi connectivity index (χ3n) is 3.69. The van der Waals surface area contributed by atoms with Crippen LogP contribution in [-0.4, -0.2) is 47.5 Å². The van der Waals surface area contributed by atoms with Crippen LogP contribution in [0, 0.1) is 11.8 Å². The van der Waals surface area contributed by atoms with Gasteiger partial charge in [0.1, 0.15) is 0 Å². The minimum atomic E-state index is 0.0183. The number of amides is 1. The molecule has 5 nitrogen and oxygen atoms in total. The molecule has 0 aliphatic carbocycles. The summed E-state index contributed by atoms with van der Waals surface area (Å²) < 4.78 is 5.44. The molecule has 0 spiro atoms. The smallest absolute Gasteiger partial charge is 0.228 e. The van der Waals surface area contributed by atoms with Gasteiger partial charge >= 0.3 is 0 Å². The fraction of sp³-hybridized carbons (Fsp3) is 0.833. The fourth-order valence-electron chi connectivity index (χ4n) is 2.62. The van der Waals surface area contributed by atoms with Crippen LogP contribution in [0.15, 0.2) is 5.16 Å². The van der Waals surface area contributed by atoms with Gasteiger partial charge in [-0.15, -0.1) is 0 Å². The lowest BCUT2D eigenvalue weighted by atomic mass is 9.95. The third-order valence-corrected chi connectivity index (χ3v) is 3.69. The molecule has 96 valence electrons. The van der Waals surface area contributed by atoms with Gasteiger partial charge in [-0.3, -0.25) is 4.79 Å². The molecule has 2 rings (SSSR count). The van der Waals surface area contributed by atoms with E-state index in [9.17, 15) is 4.79 Å². The van der Waals surface area contributed by atoms with Crippen molar-refractivity contribution in [3.8, 4) is 0 Å². The number of oxime groups is 1. The predicted molar refractivity (Wildman–Crippen MR) is 63.1 cm³/mol. The van der Waals surface area contributed by atoms with Crippen molar-refractivity contribution >= 4 is 11.6 Å². The maximum absolute atomic E-state index is 12.2. The number of ether oxygens (including phenoxy) is 1. The van der Waals surface area contributed by atoms with E-state index in [0.29, 0.717) is 26.1 Å². The molecular weight excluding hydrogens is 220 g/mol. The average molecular weight is 240 g/mol. The molecular formula is C12H20N2O3. The van der Waals surface area contributed by atoms with E-state index in [-0.39, 0.29) is 23.8 Å². The van der Waals surface area contributed by atoms with Crippen LogP contribution in [0.4, 0.5) is 0 Å². The summed E-state index contributed by atoms with van der Waals surface area (Å²) in [7, 11) is 0. The highest BCUT2D eigenvalue weighted by atomic mass is 16.5. The van der Waals surface area contributed by atoms with E-state index in [2.05, 4.69) is 5.16 Å². The number of rotatable bonds is 1. The van der Waals surface area contributed by atoms with E-state index in [1.807, 2.05) is 18.7 Å². The molecule has 0 aromatic rings. The molecule has 0 saturated carbocycles. The van der Waals surface area contributed by atoms with Crippen molar-refractivity contribution in [2.75, 3.05) is 19.7 Å². The molecule has 17 heavy (non-hydrogen) atoms. The average Bonchev–Trinajstić information content (AvgIpc) is 2.75. The Bertz CT molecular complexity index is 330. The Labute approximate surface area is 101 Å². The molecule has 2 aliphatic heterocycles. The highest BCUT2D eigenvalue weighted by Crippen LogP contribution is 2.23. The van der Waals surface area contributed by atoms with Crippen LogP contribution >= 0.6 is 0 Å². The first-order chi connectivity index (χ1) is 8.11. The summed E-state index contributed by atoms with van der Waals surface area (Å²) in [4.78, 5) is 14.1. The molecule has 2 heterocycles. The Kier molecular flexibility index (Phi) is 3.66. The first-order valence-electron chi connectivity index (χ1n) is 6.23. The number of piperidine rings is 1. The monoisotopic (exact) mass is 240 g/mol.